The van der Waals surface area contributed by atoms with Crippen LogP contribution in [0.5, 0.6) is 0 Å². The zero-order valence-electron chi connectivity index (χ0n) is 11.1. The van der Waals surface area contributed by atoms with Crippen LogP contribution in [-0.4, -0.2) is 37.8 Å². The topological polar surface area (TPSA) is 84.1 Å². The number of tetrazole rings is 1. The van der Waals surface area contributed by atoms with E-state index in [0.29, 0.717) is 25.3 Å². The number of hydrogen-bond donors (Lipinski definition) is 1. The van der Waals surface area contributed by atoms with Crippen molar-refractivity contribution in [2.75, 3.05) is 11.4 Å². The lowest BCUT2D eigenvalue weighted by atomic mass is 9.92. The van der Waals surface area contributed by atoms with Crippen LogP contribution < -0.4 is 4.90 Å². The summed E-state index contributed by atoms with van der Waals surface area (Å²) in [5, 5.41) is 21.2. The molecule has 1 aliphatic heterocycles. The summed E-state index contributed by atoms with van der Waals surface area (Å²) in [4.78, 5) is 14.7. The van der Waals surface area contributed by atoms with Gasteiger partial charge in [-0.15, -0.1) is 10.2 Å². The van der Waals surface area contributed by atoms with E-state index in [9.17, 15) is 9.90 Å². The Hall–Kier alpha value is -2.44. The van der Waals surface area contributed by atoms with Crippen LogP contribution in [0.4, 0.5) is 5.69 Å². The summed E-state index contributed by atoms with van der Waals surface area (Å²) in [5.41, 5.74) is 2.10. The number of carboxylic acid groups (broad SMARTS) is 1. The quantitative estimate of drug-likeness (QED) is 0.875. The first kappa shape index (κ1) is 12.6. The Morgan fingerprint density at radius 2 is 2.25 bits per heavy atom. The molecular formula is C13H15N5O2. The van der Waals surface area contributed by atoms with E-state index < -0.39 is 11.9 Å². The van der Waals surface area contributed by atoms with Crippen LogP contribution in [0.2, 0.25) is 0 Å². The molecule has 104 valence electrons. The second-order valence-electron chi connectivity index (χ2n) is 4.94. The molecule has 1 N–H and O–H groups in total. The summed E-state index contributed by atoms with van der Waals surface area (Å²) in [6, 6.07) is 7.87. The molecule has 20 heavy (non-hydrogen) atoms. The maximum atomic E-state index is 11.3. The van der Waals surface area contributed by atoms with Gasteiger partial charge in [-0.05, 0) is 23.3 Å². The average Bonchev–Trinajstić information content (AvgIpc) is 2.84. The number of carboxylic acids is 1. The molecule has 0 amide bonds. The molecule has 0 aliphatic carbocycles. The predicted octanol–water partition coefficient (Wildman–Crippen LogP) is 0.474. The molecule has 2 aromatic rings. The van der Waals surface area contributed by atoms with Gasteiger partial charge in [-0.3, -0.25) is 4.79 Å². The summed E-state index contributed by atoms with van der Waals surface area (Å²) in [5.74, 6) is -0.577. The van der Waals surface area contributed by atoms with Crippen LogP contribution in [0.25, 0.3) is 0 Å². The molecule has 7 heteroatoms. The van der Waals surface area contributed by atoms with Gasteiger partial charge in [0.15, 0.2) is 5.82 Å². The van der Waals surface area contributed by atoms with Gasteiger partial charge in [0.1, 0.15) is 0 Å². The zero-order chi connectivity index (χ0) is 14.1. The van der Waals surface area contributed by atoms with E-state index >= 15 is 0 Å². The number of carbonyl (C=O) groups is 1. The van der Waals surface area contributed by atoms with Crippen molar-refractivity contribution in [3.8, 4) is 0 Å². The molecule has 0 fully saturated rings. The Morgan fingerprint density at radius 1 is 1.45 bits per heavy atom. The normalized spacial score (nSPS) is 17.9. The largest absolute Gasteiger partial charge is 0.481 e. The Bertz CT molecular complexity index is 639. The Morgan fingerprint density at radius 3 is 2.95 bits per heavy atom. The molecule has 7 nitrogen and oxygen atoms in total. The summed E-state index contributed by atoms with van der Waals surface area (Å²) < 4.78 is 0. The lowest BCUT2D eigenvalue weighted by Crippen LogP contribution is -2.38. The van der Waals surface area contributed by atoms with E-state index in [1.54, 1.807) is 7.05 Å². The van der Waals surface area contributed by atoms with Gasteiger partial charge < -0.3 is 10.0 Å². The van der Waals surface area contributed by atoms with Gasteiger partial charge in [0.25, 0.3) is 0 Å². The average molecular weight is 273 g/mol. The lowest BCUT2D eigenvalue weighted by molar-refractivity contribution is -0.141. The van der Waals surface area contributed by atoms with E-state index in [1.807, 2.05) is 29.2 Å². The first-order chi connectivity index (χ1) is 9.63. The number of rotatable bonds is 3. The van der Waals surface area contributed by atoms with Gasteiger partial charge in [-0.2, -0.15) is 4.80 Å². The summed E-state index contributed by atoms with van der Waals surface area (Å²) in [7, 11) is 1.71. The monoisotopic (exact) mass is 273 g/mol. The van der Waals surface area contributed by atoms with Gasteiger partial charge >= 0.3 is 5.97 Å². The molecule has 0 spiro atoms. The number of nitrogens with zero attached hydrogens (tertiary/aromatic N) is 5. The lowest BCUT2D eigenvalue weighted by Gasteiger charge is -2.33. The molecule has 0 saturated carbocycles. The molecule has 0 saturated heterocycles. The third-order valence-corrected chi connectivity index (χ3v) is 3.47. The molecule has 0 bridgehead atoms. The van der Waals surface area contributed by atoms with Crippen LogP contribution in [0, 0.1) is 5.92 Å². The highest BCUT2D eigenvalue weighted by atomic mass is 16.4. The Kier molecular flexibility index (Phi) is 3.09. The van der Waals surface area contributed by atoms with Crippen LogP contribution in [0.1, 0.15) is 11.4 Å². The van der Waals surface area contributed by atoms with E-state index in [-0.39, 0.29) is 0 Å². The number of aryl methyl sites for hydroxylation is 1. The molecule has 2 heterocycles. The third kappa shape index (κ3) is 2.34. The van der Waals surface area contributed by atoms with E-state index in [0.717, 1.165) is 11.3 Å². The van der Waals surface area contributed by atoms with Gasteiger partial charge in [0, 0.05) is 12.2 Å². The Labute approximate surface area is 115 Å². The van der Waals surface area contributed by atoms with Crippen molar-refractivity contribution in [1.29, 1.82) is 0 Å². The number of aromatic nitrogens is 4. The molecule has 1 aliphatic rings. The van der Waals surface area contributed by atoms with Crippen LogP contribution in [0.15, 0.2) is 24.3 Å². The maximum Gasteiger partial charge on any atom is 0.308 e. The minimum atomic E-state index is -0.767. The summed E-state index contributed by atoms with van der Waals surface area (Å²) in [6.07, 6.45) is 0.565. The first-order valence-electron chi connectivity index (χ1n) is 6.42. The summed E-state index contributed by atoms with van der Waals surface area (Å²) >= 11 is 0. The fourth-order valence-electron chi connectivity index (χ4n) is 2.56. The predicted molar refractivity (Wildman–Crippen MR) is 71.1 cm³/mol. The molecule has 0 radical (unpaired) electrons. The standard InChI is InChI=1S/C13H15N5O2/c1-17-15-12(14-16-17)8-18-7-10(13(19)20)6-9-4-2-3-5-11(9)18/h2-5,10H,6-8H2,1H3,(H,19,20). The molecular weight excluding hydrogens is 258 g/mol. The molecule has 3 rings (SSSR count). The van der Waals surface area contributed by atoms with Crippen molar-refractivity contribution in [1.82, 2.24) is 20.2 Å². The number of aliphatic carboxylic acids is 1. The number of para-hydroxylation sites is 1. The number of benzene rings is 1. The highest BCUT2D eigenvalue weighted by Crippen LogP contribution is 2.30. The summed E-state index contributed by atoms with van der Waals surface area (Å²) in [6.45, 7) is 0.930. The third-order valence-electron chi connectivity index (χ3n) is 3.47. The molecule has 1 unspecified atom stereocenters. The molecule has 1 aromatic heterocycles. The zero-order valence-corrected chi connectivity index (χ0v) is 11.1. The van der Waals surface area contributed by atoms with Crippen LogP contribution in [0.3, 0.4) is 0 Å². The molecule has 1 atom stereocenters. The first-order valence-corrected chi connectivity index (χ1v) is 6.42. The number of fused-ring (bicyclic) bond motifs is 1. The van der Waals surface area contributed by atoms with Gasteiger partial charge in [0.2, 0.25) is 0 Å². The van der Waals surface area contributed by atoms with Crippen molar-refractivity contribution in [2.24, 2.45) is 13.0 Å². The smallest absolute Gasteiger partial charge is 0.308 e. The van der Waals surface area contributed by atoms with Crippen molar-refractivity contribution in [3.63, 3.8) is 0 Å². The fourth-order valence-corrected chi connectivity index (χ4v) is 2.56. The minimum Gasteiger partial charge on any atom is -0.481 e. The highest BCUT2D eigenvalue weighted by molar-refractivity contribution is 5.73. The second kappa shape index (κ2) is 4.92. The maximum absolute atomic E-state index is 11.3. The van der Waals surface area contributed by atoms with Gasteiger partial charge in [0.05, 0.1) is 19.5 Å². The minimum absolute atomic E-state index is 0.401. The van der Waals surface area contributed by atoms with Crippen molar-refractivity contribution in [3.05, 3.63) is 35.7 Å². The van der Waals surface area contributed by atoms with Gasteiger partial charge in [-0.25, -0.2) is 0 Å². The van der Waals surface area contributed by atoms with Gasteiger partial charge in [-0.1, -0.05) is 18.2 Å². The number of anilines is 1. The van der Waals surface area contributed by atoms with Crippen LogP contribution >= 0.6 is 0 Å². The highest BCUT2D eigenvalue weighted by Gasteiger charge is 2.29. The van der Waals surface area contributed by atoms with Crippen molar-refractivity contribution in [2.45, 2.75) is 13.0 Å². The van der Waals surface area contributed by atoms with E-state index in [2.05, 4.69) is 15.4 Å². The van der Waals surface area contributed by atoms with Crippen LogP contribution in [-0.2, 0) is 24.8 Å². The SMILES string of the molecule is Cn1nnc(CN2CC(C(=O)O)Cc3ccccc32)n1. The molecule has 1 aromatic carbocycles. The van der Waals surface area contributed by atoms with Crippen molar-refractivity contribution < 1.29 is 9.90 Å². The van der Waals surface area contributed by atoms with E-state index in [4.69, 9.17) is 0 Å². The fraction of sp³-hybridized carbons (Fsp3) is 0.385. The second-order valence-corrected chi connectivity index (χ2v) is 4.94. The Balaban J connectivity index is 1.90. The van der Waals surface area contributed by atoms with Crippen molar-refractivity contribution >= 4 is 11.7 Å². The number of hydrogen-bond acceptors (Lipinski definition) is 5. The van der Waals surface area contributed by atoms with E-state index in [1.165, 1.54) is 4.80 Å².